The third kappa shape index (κ3) is 4.17. The van der Waals surface area contributed by atoms with Crippen LogP contribution < -0.4 is 21.7 Å². The van der Waals surface area contributed by atoms with E-state index in [1.54, 1.807) is 24.3 Å². The summed E-state index contributed by atoms with van der Waals surface area (Å²) in [5, 5.41) is 8.41. The molecule has 3 rings (SSSR count). The van der Waals surface area contributed by atoms with Crippen molar-refractivity contribution in [2.45, 2.75) is 26.8 Å². The Bertz CT molecular complexity index is 1090. The number of aryl methyl sites for hydroxylation is 1. The number of rotatable bonds is 3. The Morgan fingerprint density at radius 1 is 1.04 bits per heavy atom. The molecule has 8 heteroatoms. The van der Waals surface area contributed by atoms with Gasteiger partial charge in [-0.1, -0.05) is 35.9 Å². The minimum absolute atomic E-state index is 0.148. The predicted molar refractivity (Wildman–Crippen MR) is 114 cm³/mol. The number of aromatic nitrogens is 2. The van der Waals surface area contributed by atoms with Gasteiger partial charge in [0.25, 0.3) is 11.5 Å². The number of nitrogens with one attached hydrogen (secondary N) is 3. The van der Waals surface area contributed by atoms with E-state index in [4.69, 9.17) is 12.2 Å². The zero-order valence-corrected chi connectivity index (χ0v) is 16.6. The monoisotopic (exact) mass is 395 g/mol. The van der Waals surface area contributed by atoms with Gasteiger partial charge in [0.05, 0.1) is 11.4 Å². The van der Waals surface area contributed by atoms with Gasteiger partial charge < -0.3 is 5.32 Å². The maximum absolute atomic E-state index is 12.7. The molecule has 0 aliphatic rings. The molecule has 144 valence electrons. The average Bonchev–Trinajstić information content (AvgIpc) is 2.68. The minimum atomic E-state index is -0.487. The van der Waals surface area contributed by atoms with Gasteiger partial charge in [-0.2, -0.15) is 5.10 Å². The first-order chi connectivity index (χ1) is 13.4. The van der Waals surface area contributed by atoms with E-state index < -0.39 is 5.91 Å². The molecule has 3 aromatic rings. The van der Waals surface area contributed by atoms with Crippen LogP contribution in [-0.2, 0) is 0 Å². The average molecular weight is 395 g/mol. The summed E-state index contributed by atoms with van der Waals surface area (Å²) in [7, 11) is 0. The number of anilines is 1. The Hall–Kier alpha value is -3.26. The number of hydrogen-bond donors (Lipinski definition) is 3. The van der Waals surface area contributed by atoms with E-state index in [2.05, 4.69) is 21.3 Å². The molecule has 2 aromatic carbocycles. The van der Waals surface area contributed by atoms with Crippen LogP contribution in [0.3, 0.4) is 0 Å². The summed E-state index contributed by atoms with van der Waals surface area (Å²) in [5.74, 6) is -0.487. The molecule has 0 saturated heterocycles. The molecule has 1 aromatic heterocycles. The third-order valence-electron chi connectivity index (χ3n) is 4.13. The second kappa shape index (κ2) is 8.18. The normalized spacial score (nSPS) is 10.7. The molecule has 0 fully saturated rings. The van der Waals surface area contributed by atoms with Crippen molar-refractivity contribution in [3.63, 3.8) is 0 Å². The molecule has 3 N–H and O–H groups in total. The SMILES string of the molecule is Cc1ccc(NC(=S)NNC(=O)c2nn(C(C)C)c(=O)c3ccccc23)cc1. The Labute approximate surface area is 167 Å². The third-order valence-corrected chi connectivity index (χ3v) is 4.34. The number of fused-ring (bicyclic) bond motifs is 1. The molecule has 0 aliphatic carbocycles. The molecule has 0 bridgehead atoms. The summed E-state index contributed by atoms with van der Waals surface area (Å²) >= 11 is 5.21. The highest BCUT2D eigenvalue weighted by molar-refractivity contribution is 7.80. The first-order valence-corrected chi connectivity index (χ1v) is 9.23. The standard InChI is InChI=1S/C20H21N5O2S/c1-12(2)25-19(27)16-7-5-4-6-15(16)17(24-25)18(26)22-23-20(28)21-14-10-8-13(3)9-11-14/h4-12H,1-3H3,(H,22,26)(H2,21,23,28). The van der Waals surface area contributed by atoms with Crippen LogP contribution in [0.15, 0.2) is 53.3 Å². The first-order valence-electron chi connectivity index (χ1n) is 8.82. The summed E-state index contributed by atoms with van der Waals surface area (Å²) in [4.78, 5) is 25.3. The maximum Gasteiger partial charge on any atom is 0.290 e. The van der Waals surface area contributed by atoms with Gasteiger partial charge in [-0.25, -0.2) is 4.68 Å². The lowest BCUT2D eigenvalue weighted by Gasteiger charge is -2.15. The number of amides is 1. The zero-order chi connectivity index (χ0) is 20.3. The Balaban J connectivity index is 1.79. The van der Waals surface area contributed by atoms with Gasteiger partial charge in [0.15, 0.2) is 10.8 Å². The molecule has 28 heavy (non-hydrogen) atoms. The van der Waals surface area contributed by atoms with Crippen LogP contribution in [-0.4, -0.2) is 20.8 Å². The summed E-state index contributed by atoms with van der Waals surface area (Å²) in [6, 6.07) is 14.4. The van der Waals surface area contributed by atoms with Crippen LogP contribution in [0.4, 0.5) is 5.69 Å². The summed E-state index contributed by atoms with van der Waals surface area (Å²) in [6.07, 6.45) is 0. The highest BCUT2D eigenvalue weighted by Crippen LogP contribution is 2.14. The lowest BCUT2D eigenvalue weighted by molar-refractivity contribution is 0.0938. The van der Waals surface area contributed by atoms with Gasteiger partial charge in [0.1, 0.15) is 0 Å². The molecule has 1 amide bonds. The number of thiocarbonyl (C=S) groups is 1. The van der Waals surface area contributed by atoms with Gasteiger partial charge in [-0.3, -0.25) is 20.4 Å². The van der Waals surface area contributed by atoms with Crippen molar-refractivity contribution in [1.29, 1.82) is 0 Å². The fourth-order valence-electron chi connectivity index (χ4n) is 2.70. The largest absolute Gasteiger partial charge is 0.331 e. The Kier molecular flexibility index (Phi) is 5.70. The summed E-state index contributed by atoms with van der Waals surface area (Å²) < 4.78 is 1.31. The van der Waals surface area contributed by atoms with Crippen molar-refractivity contribution < 1.29 is 4.79 Å². The highest BCUT2D eigenvalue weighted by atomic mass is 32.1. The number of carbonyl (C=O) groups is 1. The molecule has 0 spiro atoms. The maximum atomic E-state index is 12.7. The minimum Gasteiger partial charge on any atom is -0.331 e. The lowest BCUT2D eigenvalue weighted by atomic mass is 10.1. The number of benzene rings is 2. The topological polar surface area (TPSA) is 88.0 Å². The van der Waals surface area contributed by atoms with E-state index >= 15 is 0 Å². The van der Waals surface area contributed by atoms with Crippen molar-refractivity contribution in [2.24, 2.45) is 0 Å². The van der Waals surface area contributed by atoms with Crippen molar-refractivity contribution in [3.8, 4) is 0 Å². The molecule has 0 unspecified atom stereocenters. The number of hydrogen-bond acceptors (Lipinski definition) is 4. The molecule has 7 nitrogen and oxygen atoms in total. The highest BCUT2D eigenvalue weighted by Gasteiger charge is 2.17. The zero-order valence-electron chi connectivity index (χ0n) is 15.8. The first kappa shape index (κ1) is 19.5. The molecule has 0 atom stereocenters. The molecular formula is C20H21N5O2S. The fraction of sp³-hybridized carbons (Fsp3) is 0.200. The lowest BCUT2D eigenvalue weighted by Crippen LogP contribution is -2.44. The van der Waals surface area contributed by atoms with Crippen molar-refractivity contribution in [2.75, 3.05) is 5.32 Å². The Morgan fingerprint density at radius 2 is 1.68 bits per heavy atom. The van der Waals surface area contributed by atoms with E-state index in [9.17, 15) is 9.59 Å². The Morgan fingerprint density at radius 3 is 2.32 bits per heavy atom. The van der Waals surface area contributed by atoms with E-state index in [1.165, 1.54) is 4.68 Å². The summed E-state index contributed by atoms with van der Waals surface area (Å²) in [6.45, 7) is 5.67. The smallest absolute Gasteiger partial charge is 0.290 e. The number of hydrazine groups is 1. The van der Waals surface area contributed by atoms with Gasteiger partial charge in [0.2, 0.25) is 0 Å². The van der Waals surface area contributed by atoms with Gasteiger partial charge >= 0.3 is 0 Å². The van der Waals surface area contributed by atoms with Crippen LogP contribution in [0, 0.1) is 6.92 Å². The van der Waals surface area contributed by atoms with Crippen LogP contribution >= 0.6 is 12.2 Å². The van der Waals surface area contributed by atoms with E-state index in [0.717, 1.165) is 11.3 Å². The van der Waals surface area contributed by atoms with Crippen LogP contribution in [0.2, 0.25) is 0 Å². The quantitative estimate of drug-likeness (QED) is 0.467. The van der Waals surface area contributed by atoms with Crippen LogP contribution in [0.25, 0.3) is 10.8 Å². The van der Waals surface area contributed by atoms with Gasteiger partial charge in [-0.05, 0) is 51.2 Å². The van der Waals surface area contributed by atoms with Gasteiger partial charge in [-0.15, -0.1) is 0 Å². The van der Waals surface area contributed by atoms with Gasteiger partial charge in [0, 0.05) is 11.1 Å². The predicted octanol–water partition coefficient (Wildman–Crippen LogP) is 2.92. The molecule has 0 radical (unpaired) electrons. The number of carbonyl (C=O) groups excluding carboxylic acids is 1. The second-order valence-electron chi connectivity index (χ2n) is 6.64. The van der Waals surface area contributed by atoms with Crippen LogP contribution in [0.1, 0.15) is 35.9 Å². The van der Waals surface area contributed by atoms with E-state index in [0.29, 0.717) is 10.8 Å². The van der Waals surface area contributed by atoms with E-state index in [1.807, 2.05) is 45.0 Å². The van der Waals surface area contributed by atoms with Crippen molar-refractivity contribution in [1.82, 2.24) is 20.6 Å². The fourth-order valence-corrected chi connectivity index (χ4v) is 2.87. The second-order valence-corrected chi connectivity index (χ2v) is 7.05. The van der Waals surface area contributed by atoms with Crippen LogP contribution in [0.5, 0.6) is 0 Å². The van der Waals surface area contributed by atoms with E-state index in [-0.39, 0.29) is 22.4 Å². The van der Waals surface area contributed by atoms with Crippen molar-refractivity contribution >= 4 is 39.7 Å². The molecule has 0 saturated carbocycles. The summed E-state index contributed by atoms with van der Waals surface area (Å²) in [5.41, 5.74) is 7.06. The molecule has 1 heterocycles. The molecular weight excluding hydrogens is 374 g/mol. The molecule has 0 aliphatic heterocycles. The number of nitrogens with zero attached hydrogens (tertiary/aromatic N) is 2. The van der Waals surface area contributed by atoms with Crippen molar-refractivity contribution in [3.05, 3.63) is 70.1 Å².